The van der Waals surface area contributed by atoms with Crippen LogP contribution in [0.25, 0.3) is 11.6 Å². The molecule has 0 radical (unpaired) electrons. The van der Waals surface area contributed by atoms with Gasteiger partial charge in [0, 0.05) is 6.54 Å². The van der Waals surface area contributed by atoms with Gasteiger partial charge in [0.05, 0.1) is 0 Å². The molecule has 1 nitrogen and oxygen atoms in total. The summed E-state index contributed by atoms with van der Waals surface area (Å²) in [6.07, 6.45) is 2.31. The van der Waals surface area contributed by atoms with Crippen molar-refractivity contribution in [1.29, 1.82) is 0 Å². The Morgan fingerprint density at radius 2 is 1.21 bits per heavy atom. The highest BCUT2D eigenvalue weighted by atomic mass is 15.0. The van der Waals surface area contributed by atoms with Crippen LogP contribution in [-0.2, 0) is 6.54 Å². The zero-order valence-corrected chi connectivity index (χ0v) is 14.3. The topological polar surface area (TPSA) is 3.24 Å². The molecule has 24 heavy (non-hydrogen) atoms. The van der Waals surface area contributed by atoms with E-state index in [4.69, 9.17) is 0 Å². The van der Waals surface area contributed by atoms with Crippen LogP contribution in [0.4, 0.5) is 0 Å². The fourth-order valence-electron chi connectivity index (χ4n) is 2.88. The summed E-state index contributed by atoms with van der Waals surface area (Å²) < 4.78 is 0. The van der Waals surface area contributed by atoms with Crippen molar-refractivity contribution in [3.05, 3.63) is 107 Å². The largest absolute Gasteiger partial charge is 0.305 e. The highest BCUT2D eigenvalue weighted by molar-refractivity contribution is 5.91. The molecule has 0 aromatic heterocycles. The molecule has 0 aliphatic heterocycles. The molecule has 3 aromatic carbocycles. The summed E-state index contributed by atoms with van der Waals surface area (Å²) in [5.41, 5.74) is 6.34. The normalized spacial score (nSPS) is 10.6. The third kappa shape index (κ3) is 4.01. The molecule has 0 unspecified atom stereocenters. The Bertz CT molecular complexity index is 760. The molecule has 0 heterocycles. The maximum Gasteiger partial charge on any atom is 0.0233 e. The van der Waals surface area contributed by atoms with Gasteiger partial charge in [0.2, 0.25) is 0 Å². The fraction of sp³-hybridized carbons (Fsp3) is 0.130. The van der Waals surface area contributed by atoms with Crippen molar-refractivity contribution in [3.8, 4) is 0 Å². The lowest BCUT2D eigenvalue weighted by molar-refractivity contribution is 0.402. The Balaban J connectivity index is 2.12. The van der Waals surface area contributed by atoms with Gasteiger partial charge in [0.15, 0.2) is 0 Å². The number of rotatable bonds is 5. The third-order valence-corrected chi connectivity index (χ3v) is 4.01. The Morgan fingerprint density at radius 3 is 1.75 bits per heavy atom. The van der Waals surface area contributed by atoms with Crippen LogP contribution >= 0.6 is 0 Å². The fourth-order valence-corrected chi connectivity index (χ4v) is 2.88. The Morgan fingerprint density at radius 1 is 0.708 bits per heavy atom. The minimum atomic E-state index is 0.934. The van der Waals surface area contributed by atoms with Gasteiger partial charge < -0.3 is 4.90 Å². The molecule has 0 spiro atoms. The zero-order valence-electron chi connectivity index (χ0n) is 14.3. The van der Waals surface area contributed by atoms with Crippen molar-refractivity contribution >= 4 is 11.6 Å². The van der Waals surface area contributed by atoms with Crippen molar-refractivity contribution in [2.75, 3.05) is 14.1 Å². The standard InChI is InChI=1S/C23H23N/c1-24(2)18-22-16-10-9-15-21(22)17-23(19-11-5-3-6-12-19)20-13-7-4-8-14-20/h3-17H,18H2,1-2H3. The maximum absolute atomic E-state index is 2.31. The van der Waals surface area contributed by atoms with E-state index in [1.165, 1.54) is 27.8 Å². The van der Waals surface area contributed by atoms with Crippen molar-refractivity contribution in [1.82, 2.24) is 4.90 Å². The molecule has 3 rings (SSSR count). The number of benzene rings is 3. The maximum atomic E-state index is 2.31. The van der Waals surface area contributed by atoms with Crippen LogP contribution in [0.15, 0.2) is 84.9 Å². The highest BCUT2D eigenvalue weighted by Crippen LogP contribution is 2.27. The first-order valence-corrected chi connectivity index (χ1v) is 8.29. The van der Waals surface area contributed by atoms with Gasteiger partial charge in [-0.1, -0.05) is 84.9 Å². The van der Waals surface area contributed by atoms with E-state index in [0.29, 0.717) is 0 Å². The molecule has 0 N–H and O–H groups in total. The Hall–Kier alpha value is -2.64. The van der Waals surface area contributed by atoms with Crippen LogP contribution in [0.3, 0.4) is 0 Å². The molecule has 0 saturated carbocycles. The van der Waals surface area contributed by atoms with Crippen LogP contribution in [0.5, 0.6) is 0 Å². The average molecular weight is 313 g/mol. The lowest BCUT2D eigenvalue weighted by atomic mass is 9.94. The van der Waals surface area contributed by atoms with Crippen LogP contribution in [0, 0.1) is 0 Å². The van der Waals surface area contributed by atoms with Crippen molar-refractivity contribution in [2.24, 2.45) is 0 Å². The molecule has 1 heteroatoms. The SMILES string of the molecule is CN(C)Cc1ccccc1C=C(c1ccccc1)c1ccccc1. The lowest BCUT2D eigenvalue weighted by Gasteiger charge is -2.14. The van der Waals surface area contributed by atoms with E-state index >= 15 is 0 Å². The van der Waals surface area contributed by atoms with Gasteiger partial charge >= 0.3 is 0 Å². The molecule has 3 aromatic rings. The van der Waals surface area contributed by atoms with E-state index in [2.05, 4.69) is 110 Å². The summed E-state index contributed by atoms with van der Waals surface area (Å²) in [6, 6.07) is 29.8. The van der Waals surface area contributed by atoms with Gasteiger partial charge in [-0.25, -0.2) is 0 Å². The minimum Gasteiger partial charge on any atom is -0.305 e. The number of hydrogen-bond acceptors (Lipinski definition) is 1. The highest BCUT2D eigenvalue weighted by Gasteiger charge is 2.07. The quantitative estimate of drug-likeness (QED) is 0.575. The predicted molar refractivity (Wildman–Crippen MR) is 104 cm³/mol. The molecule has 0 fully saturated rings. The van der Waals surface area contributed by atoms with Gasteiger partial charge in [-0.2, -0.15) is 0 Å². The second kappa shape index (κ2) is 7.76. The van der Waals surface area contributed by atoms with Crippen LogP contribution < -0.4 is 0 Å². The predicted octanol–water partition coefficient (Wildman–Crippen LogP) is 5.34. The molecular formula is C23H23N. The number of nitrogens with zero attached hydrogens (tertiary/aromatic N) is 1. The molecule has 0 amide bonds. The summed E-state index contributed by atoms with van der Waals surface area (Å²) in [5.74, 6) is 0. The van der Waals surface area contributed by atoms with Gasteiger partial charge in [-0.15, -0.1) is 0 Å². The summed E-state index contributed by atoms with van der Waals surface area (Å²) in [5, 5.41) is 0. The Kier molecular flexibility index (Phi) is 5.25. The van der Waals surface area contributed by atoms with E-state index < -0.39 is 0 Å². The average Bonchev–Trinajstić information content (AvgIpc) is 2.62. The molecular weight excluding hydrogens is 290 g/mol. The first-order valence-electron chi connectivity index (χ1n) is 8.29. The lowest BCUT2D eigenvalue weighted by Crippen LogP contribution is -2.11. The monoisotopic (exact) mass is 313 g/mol. The molecule has 0 aliphatic carbocycles. The smallest absolute Gasteiger partial charge is 0.0233 e. The van der Waals surface area contributed by atoms with Gasteiger partial charge in [0.25, 0.3) is 0 Å². The summed E-state index contributed by atoms with van der Waals surface area (Å²) in [6.45, 7) is 0.934. The Labute approximate surface area is 144 Å². The van der Waals surface area contributed by atoms with Gasteiger partial charge in [0.1, 0.15) is 0 Å². The second-order valence-corrected chi connectivity index (χ2v) is 6.23. The molecule has 0 bridgehead atoms. The van der Waals surface area contributed by atoms with Gasteiger partial charge in [-0.05, 0) is 48.0 Å². The van der Waals surface area contributed by atoms with E-state index in [1.54, 1.807) is 0 Å². The molecule has 0 atom stereocenters. The first-order chi connectivity index (χ1) is 11.7. The first kappa shape index (κ1) is 16.2. The number of hydrogen-bond donors (Lipinski definition) is 0. The van der Waals surface area contributed by atoms with Crippen LogP contribution in [0.1, 0.15) is 22.3 Å². The van der Waals surface area contributed by atoms with Gasteiger partial charge in [-0.3, -0.25) is 0 Å². The molecule has 120 valence electrons. The van der Waals surface area contributed by atoms with Crippen LogP contribution in [-0.4, -0.2) is 19.0 Å². The second-order valence-electron chi connectivity index (χ2n) is 6.23. The summed E-state index contributed by atoms with van der Waals surface area (Å²) in [7, 11) is 4.21. The van der Waals surface area contributed by atoms with E-state index in [9.17, 15) is 0 Å². The van der Waals surface area contributed by atoms with Crippen LogP contribution in [0.2, 0.25) is 0 Å². The van der Waals surface area contributed by atoms with Crippen molar-refractivity contribution in [3.63, 3.8) is 0 Å². The van der Waals surface area contributed by atoms with Crippen molar-refractivity contribution < 1.29 is 0 Å². The third-order valence-electron chi connectivity index (χ3n) is 4.01. The minimum absolute atomic E-state index is 0.934. The molecule has 0 saturated heterocycles. The van der Waals surface area contributed by atoms with E-state index in [0.717, 1.165) is 6.54 Å². The molecule has 0 aliphatic rings. The van der Waals surface area contributed by atoms with E-state index in [-0.39, 0.29) is 0 Å². The summed E-state index contributed by atoms with van der Waals surface area (Å²) >= 11 is 0. The summed E-state index contributed by atoms with van der Waals surface area (Å²) in [4.78, 5) is 2.21. The van der Waals surface area contributed by atoms with Crippen molar-refractivity contribution in [2.45, 2.75) is 6.54 Å². The van der Waals surface area contributed by atoms with E-state index in [1.807, 2.05) is 0 Å². The zero-order chi connectivity index (χ0) is 16.8.